The number of hydrogen-bond acceptors (Lipinski definition) is 4. The molecular weight excluding hydrogens is 250 g/mol. The quantitative estimate of drug-likeness (QED) is 0.803. The van der Waals surface area contributed by atoms with Gasteiger partial charge in [0.2, 0.25) is 0 Å². The van der Waals surface area contributed by atoms with Crippen molar-refractivity contribution in [1.29, 1.82) is 5.26 Å². The minimum Gasteiger partial charge on any atom is -0.508 e. The van der Waals surface area contributed by atoms with Gasteiger partial charge in [0.05, 0.1) is 12.0 Å². The summed E-state index contributed by atoms with van der Waals surface area (Å²) in [6, 6.07) is 8.06. The second-order valence-corrected chi connectivity index (χ2v) is 5.33. The number of hydrogen-bond donors (Lipinski definition) is 2. The first-order valence-electron chi connectivity index (χ1n) is 7.16. The summed E-state index contributed by atoms with van der Waals surface area (Å²) in [4.78, 5) is 1.99. The average molecular weight is 275 g/mol. The summed E-state index contributed by atoms with van der Waals surface area (Å²) in [6.07, 6.45) is 1.07. The molecular formula is C16H25N3O. The molecule has 1 rings (SSSR count). The molecule has 2 atom stereocenters. The Morgan fingerprint density at radius 2 is 2.10 bits per heavy atom. The summed E-state index contributed by atoms with van der Waals surface area (Å²) in [5.41, 5.74) is 1.83. The number of benzene rings is 1. The molecule has 0 fully saturated rings. The van der Waals surface area contributed by atoms with Gasteiger partial charge in [-0.2, -0.15) is 5.26 Å². The first-order valence-corrected chi connectivity index (χ1v) is 7.16. The highest BCUT2D eigenvalue weighted by Crippen LogP contribution is 2.28. The first-order chi connectivity index (χ1) is 9.49. The van der Waals surface area contributed by atoms with Crippen molar-refractivity contribution in [3.05, 3.63) is 23.8 Å². The van der Waals surface area contributed by atoms with Crippen LogP contribution in [0, 0.1) is 17.2 Å². The van der Waals surface area contributed by atoms with E-state index in [2.05, 4.69) is 18.3 Å². The molecule has 0 saturated heterocycles. The Kier molecular flexibility index (Phi) is 6.33. The predicted octanol–water partition coefficient (Wildman–Crippen LogP) is 3.05. The molecule has 0 aromatic heterocycles. The predicted molar refractivity (Wildman–Crippen MR) is 82.9 cm³/mol. The van der Waals surface area contributed by atoms with Crippen LogP contribution in [0.15, 0.2) is 18.2 Å². The third-order valence-corrected chi connectivity index (χ3v) is 3.39. The zero-order valence-electron chi connectivity index (χ0n) is 12.8. The van der Waals surface area contributed by atoms with Gasteiger partial charge in [-0.25, -0.2) is 0 Å². The summed E-state index contributed by atoms with van der Waals surface area (Å²) in [6.45, 7) is 7.64. The van der Waals surface area contributed by atoms with E-state index in [9.17, 15) is 5.11 Å². The molecule has 0 bridgehead atoms. The second-order valence-electron chi connectivity index (χ2n) is 5.33. The van der Waals surface area contributed by atoms with Crippen molar-refractivity contribution >= 4 is 5.69 Å². The Labute approximate surface area is 122 Å². The Hall–Kier alpha value is -1.73. The van der Waals surface area contributed by atoms with Crippen LogP contribution >= 0.6 is 0 Å². The zero-order valence-corrected chi connectivity index (χ0v) is 12.8. The van der Waals surface area contributed by atoms with Gasteiger partial charge in [-0.15, -0.1) is 0 Å². The molecule has 0 saturated carbocycles. The van der Waals surface area contributed by atoms with Gasteiger partial charge in [0.15, 0.2) is 0 Å². The van der Waals surface area contributed by atoms with Crippen molar-refractivity contribution in [2.75, 3.05) is 25.0 Å². The Morgan fingerprint density at radius 3 is 2.65 bits per heavy atom. The van der Waals surface area contributed by atoms with Crippen LogP contribution in [0.4, 0.5) is 5.69 Å². The highest BCUT2D eigenvalue weighted by molar-refractivity contribution is 5.53. The number of nitrogens with one attached hydrogen (secondary N) is 1. The number of aromatic hydroxyl groups is 1. The molecule has 0 amide bonds. The maximum absolute atomic E-state index is 10.2. The molecule has 0 aliphatic carbocycles. The molecule has 0 aliphatic heterocycles. The number of anilines is 1. The van der Waals surface area contributed by atoms with Gasteiger partial charge in [-0.3, -0.25) is 0 Å². The maximum atomic E-state index is 10.2. The summed E-state index contributed by atoms with van der Waals surface area (Å²) in [5, 5.41) is 22.4. The van der Waals surface area contributed by atoms with Gasteiger partial charge >= 0.3 is 0 Å². The van der Waals surface area contributed by atoms with E-state index in [1.807, 2.05) is 37.9 Å². The molecule has 0 radical (unpaired) electrons. The molecule has 0 spiro atoms. The number of nitriles is 1. The van der Waals surface area contributed by atoms with Crippen molar-refractivity contribution in [3.63, 3.8) is 0 Å². The maximum Gasteiger partial charge on any atom is 0.122 e. The van der Waals surface area contributed by atoms with E-state index in [1.165, 1.54) is 0 Å². The van der Waals surface area contributed by atoms with Crippen LogP contribution < -0.4 is 10.2 Å². The molecule has 2 N–H and O–H groups in total. The Bertz CT molecular complexity index is 467. The topological polar surface area (TPSA) is 59.3 Å². The summed E-state index contributed by atoms with van der Waals surface area (Å²) in [7, 11) is 1.93. The number of phenolic OH excluding ortho intramolecular Hbond substituents is 1. The van der Waals surface area contributed by atoms with Gasteiger partial charge in [0.1, 0.15) is 5.75 Å². The minimum absolute atomic E-state index is 0.0352. The number of rotatable bonds is 7. The van der Waals surface area contributed by atoms with Crippen LogP contribution in [0.2, 0.25) is 0 Å². The second kappa shape index (κ2) is 7.76. The molecule has 20 heavy (non-hydrogen) atoms. The smallest absolute Gasteiger partial charge is 0.122 e. The molecule has 0 aliphatic rings. The lowest BCUT2D eigenvalue weighted by Crippen LogP contribution is -2.23. The van der Waals surface area contributed by atoms with Crippen LogP contribution in [0.1, 0.15) is 38.8 Å². The van der Waals surface area contributed by atoms with E-state index >= 15 is 0 Å². The third kappa shape index (κ3) is 4.43. The van der Waals surface area contributed by atoms with Crippen LogP contribution in [0.5, 0.6) is 5.75 Å². The fourth-order valence-electron chi connectivity index (χ4n) is 2.16. The van der Waals surface area contributed by atoms with Gasteiger partial charge in [-0.1, -0.05) is 13.0 Å². The Morgan fingerprint density at radius 1 is 1.40 bits per heavy atom. The van der Waals surface area contributed by atoms with Crippen molar-refractivity contribution in [2.45, 2.75) is 33.2 Å². The summed E-state index contributed by atoms with van der Waals surface area (Å²) < 4.78 is 0. The van der Waals surface area contributed by atoms with Crippen molar-refractivity contribution in [2.24, 2.45) is 5.92 Å². The van der Waals surface area contributed by atoms with Crippen LogP contribution in [-0.2, 0) is 0 Å². The Balaban J connectivity index is 2.79. The lowest BCUT2D eigenvalue weighted by molar-refractivity contribution is 0.452. The fraction of sp³-hybridized carbons (Fsp3) is 0.562. The van der Waals surface area contributed by atoms with Crippen LogP contribution in [0.25, 0.3) is 0 Å². The monoisotopic (exact) mass is 275 g/mol. The van der Waals surface area contributed by atoms with E-state index in [0.717, 1.165) is 24.2 Å². The normalized spacial score (nSPS) is 13.6. The van der Waals surface area contributed by atoms with E-state index in [4.69, 9.17) is 5.26 Å². The molecule has 1 aromatic rings. The lowest BCUT2D eigenvalue weighted by Gasteiger charge is -2.22. The summed E-state index contributed by atoms with van der Waals surface area (Å²) >= 11 is 0. The van der Waals surface area contributed by atoms with Gasteiger partial charge in [0.25, 0.3) is 0 Å². The lowest BCUT2D eigenvalue weighted by atomic mass is 10.1. The van der Waals surface area contributed by atoms with Crippen molar-refractivity contribution < 1.29 is 5.11 Å². The summed E-state index contributed by atoms with van der Waals surface area (Å²) in [5.74, 6) is 0.266. The fourth-order valence-corrected chi connectivity index (χ4v) is 2.16. The van der Waals surface area contributed by atoms with Gasteiger partial charge in [-0.05, 0) is 32.9 Å². The standard InChI is InChI=1S/C16H25N3O/c1-5-8-18-13(3)15-7-6-14(9-16(15)20)19(4)11-12(2)10-17/h6-7,9,12-13,18,20H,5,8,11H2,1-4H3. The van der Waals surface area contributed by atoms with Crippen LogP contribution in [-0.4, -0.2) is 25.2 Å². The minimum atomic E-state index is -0.0352. The van der Waals surface area contributed by atoms with Gasteiger partial charge in [0, 0.05) is 37.0 Å². The van der Waals surface area contributed by atoms with E-state index < -0.39 is 0 Å². The molecule has 4 heteroatoms. The van der Waals surface area contributed by atoms with Gasteiger partial charge < -0.3 is 15.3 Å². The molecule has 110 valence electrons. The molecule has 1 aromatic carbocycles. The SMILES string of the molecule is CCCNC(C)c1ccc(N(C)CC(C)C#N)cc1O. The van der Waals surface area contributed by atoms with Crippen molar-refractivity contribution in [1.82, 2.24) is 5.32 Å². The average Bonchev–Trinajstić information content (AvgIpc) is 2.44. The number of phenols is 1. The molecule has 2 unspecified atom stereocenters. The number of nitrogens with zero attached hydrogens (tertiary/aromatic N) is 2. The first kappa shape index (κ1) is 16.3. The van der Waals surface area contributed by atoms with E-state index in [-0.39, 0.29) is 12.0 Å². The van der Waals surface area contributed by atoms with E-state index in [1.54, 1.807) is 6.07 Å². The highest BCUT2D eigenvalue weighted by Gasteiger charge is 2.12. The largest absolute Gasteiger partial charge is 0.508 e. The molecule has 0 heterocycles. The molecule has 4 nitrogen and oxygen atoms in total. The zero-order chi connectivity index (χ0) is 15.1. The van der Waals surface area contributed by atoms with Crippen molar-refractivity contribution in [3.8, 4) is 11.8 Å². The van der Waals surface area contributed by atoms with E-state index in [0.29, 0.717) is 12.3 Å². The van der Waals surface area contributed by atoms with Crippen LogP contribution in [0.3, 0.4) is 0 Å². The highest BCUT2D eigenvalue weighted by atomic mass is 16.3. The third-order valence-electron chi connectivity index (χ3n) is 3.39.